The second-order valence-corrected chi connectivity index (χ2v) is 8.11. The van der Waals surface area contributed by atoms with Crippen molar-refractivity contribution < 1.29 is 14.3 Å². The molecule has 2 aliphatic rings. The number of nitrogens with two attached hydrogens (primary N) is 1. The lowest BCUT2D eigenvalue weighted by Crippen LogP contribution is -2.27. The van der Waals surface area contributed by atoms with Crippen LogP contribution in [0.5, 0.6) is 11.5 Å². The van der Waals surface area contributed by atoms with Gasteiger partial charge in [0.1, 0.15) is 0 Å². The molecule has 1 heterocycles. The van der Waals surface area contributed by atoms with E-state index in [4.69, 9.17) is 26.8 Å². The lowest BCUT2D eigenvalue weighted by Gasteiger charge is -2.17. The molecule has 6 heteroatoms. The van der Waals surface area contributed by atoms with Gasteiger partial charge in [0.05, 0.1) is 5.41 Å². The first-order valence-electron chi connectivity index (χ1n) is 9.90. The quantitative estimate of drug-likeness (QED) is 0.617. The molecule has 1 fully saturated rings. The van der Waals surface area contributed by atoms with Gasteiger partial charge in [-0.1, -0.05) is 41.9 Å². The molecular weight excluding hydrogens is 400 g/mol. The molecule has 30 heavy (non-hydrogen) atoms. The standard InChI is InChI=1S/C24H21ClN2O3/c25-20-7-6-18(12-19(20)16-3-1-15(13-26)2-4-16)27-23(28)24(9-10-24)17-5-8-21-22(11-17)30-14-29-21/h1-8,11-12H,9-10,13-14,26H2,(H,27,28). The predicted molar refractivity (Wildman–Crippen MR) is 117 cm³/mol. The highest BCUT2D eigenvalue weighted by atomic mass is 35.5. The second-order valence-electron chi connectivity index (χ2n) is 7.70. The zero-order valence-corrected chi connectivity index (χ0v) is 17.0. The molecule has 0 aromatic heterocycles. The largest absolute Gasteiger partial charge is 0.454 e. The Labute approximate surface area is 179 Å². The van der Waals surface area contributed by atoms with Gasteiger partial charge in [-0.05, 0) is 59.9 Å². The Morgan fingerprint density at radius 3 is 2.50 bits per heavy atom. The van der Waals surface area contributed by atoms with Gasteiger partial charge in [-0.2, -0.15) is 0 Å². The first-order valence-corrected chi connectivity index (χ1v) is 10.3. The summed E-state index contributed by atoms with van der Waals surface area (Å²) in [6.07, 6.45) is 1.61. The van der Waals surface area contributed by atoms with Crippen molar-refractivity contribution >= 4 is 23.2 Å². The van der Waals surface area contributed by atoms with Crippen molar-refractivity contribution in [2.24, 2.45) is 5.73 Å². The van der Waals surface area contributed by atoms with Gasteiger partial charge in [-0.3, -0.25) is 4.79 Å². The third kappa shape index (κ3) is 3.30. The van der Waals surface area contributed by atoms with E-state index >= 15 is 0 Å². The summed E-state index contributed by atoms with van der Waals surface area (Å²) in [6.45, 7) is 0.712. The summed E-state index contributed by atoms with van der Waals surface area (Å²) in [4.78, 5) is 13.2. The fraction of sp³-hybridized carbons (Fsp3) is 0.208. The number of halogens is 1. The topological polar surface area (TPSA) is 73.6 Å². The molecule has 0 saturated heterocycles. The van der Waals surface area contributed by atoms with Crippen LogP contribution in [-0.2, 0) is 16.8 Å². The Hall–Kier alpha value is -3.02. The summed E-state index contributed by atoms with van der Waals surface area (Å²) in [6, 6.07) is 19.2. The van der Waals surface area contributed by atoms with Crippen LogP contribution in [0.1, 0.15) is 24.0 Å². The van der Waals surface area contributed by atoms with E-state index in [0.717, 1.165) is 40.8 Å². The zero-order valence-electron chi connectivity index (χ0n) is 16.3. The van der Waals surface area contributed by atoms with Gasteiger partial charge in [0.25, 0.3) is 0 Å². The van der Waals surface area contributed by atoms with Crippen LogP contribution in [0.2, 0.25) is 5.02 Å². The van der Waals surface area contributed by atoms with E-state index in [2.05, 4.69) is 5.32 Å². The summed E-state index contributed by atoms with van der Waals surface area (Å²) in [5.74, 6) is 1.40. The number of hydrogen-bond donors (Lipinski definition) is 2. The number of ether oxygens (including phenoxy) is 2. The number of amides is 1. The molecule has 0 radical (unpaired) electrons. The molecule has 1 amide bonds. The molecule has 152 valence electrons. The first kappa shape index (κ1) is 19.0. The summed E-state index contributed by atoms with van der Waals surface area (Å²) in [5, 5.41) is 3.71. The van der Waals surface area contributed by atoms with Crippen LogP contribution in [0.3, 0.4) is 0 Å². The molecule has 5 rings (SSSR count). The third-order valence-corrected chi connectivity index (χ3v) is 6.16. The maximum absolute atomic E-state index is 13.2. The van der Waals surface area contributed by atoms with Crippen molar-refractivity contribution in [2.45, 2.75) is 24.8 Å². The van der Waals surface area contributed by atoms with Crippen LogP contribution in [0.15, 0.2) is 60.7 Å². The van der Waals surface area contributed by atoms with E-state index in [9.17, 15) is 4.79 Å². The zero-order chi connectivity index (χ0) is 20.7. The molecule has 0 atom stereocenters. The number of hydrogen-bond acceptors (Lipinski definition) is 4. The van der Waals surface area contributed by atoms with Crippen molar-refractivity contribution in [3.8, 4) is 22.6 Å². The molecule has 3 aromatic rings. The lowest BCUT2D eigenvalue weighted by atomic mass is 9.94. The average molecular weight is 421 g/mol. The fourth-order valence-corrected chi connectivity index (χ4v) is 4.09. The number of carbonyl (C=O) groups is 1. The number of rotatable bonds is 5. The van der Waals surface area contributed by atoms with Crippen molar-refractivity contribution in [2.75, 3.05) is 12.1 Å². The maximum Gasteiger partial charge on any atom is 0.235 e. The smallest absolute Gasteiger partial charge is 0.235 e. The van der Waals surface area contributed by atoms with Crippen LogP contribution in [-0.4, -0.2) is 12.7 Å². The molecule has 1 saturated carbocycles. The van der Waals surface area contributed by atoms with Crippen molar-refractivity contribution in [3.05, 3.63) is 76.8 Å². The minimum atomic E-state index is -0.524. The number of nitrogens with one attached hydrogen (secondary N) is 1. The normalized spacial score (nSPS) is 15.7. The van der Waals surface area contributed by atoms with Gasteiger partial charge >= 0.3 is 0 Å². The Kier molecular flexibility index (Phi) is 4.65. The molecule has 3 aromatic carbocycles. The van der Waals surface area contributed by atoms with Crippen LogP contribution in [0.4, 0.5) is 5.69 Å². The lowest BCUT2D eigenvalue weighted by molar-refractivity contribution is -0.118. The number of carbonyl (C=O) groups excluding carboxylic acids is 1. The molecule has 0 spiro atoms. The number of fused-ring (bicyclic) bond motifs is 1. The number of anilines is 1. The Bertz CT molecular complexity index is 1120. The van der Waals surface area contributed by atoms with E-state index in [-0.39, 0.29) is 12.7 Å². The third-order valence-electron chi connectivity index (χ3n) is 5.83. The molecule has 0 unspecified atom stereocenters. The predicted octanol–water partition coefficient (Wildman–Crippen LogP) is 4.86. The highest BCUT2D eigenvalue weighted by molar-refractivity contribution is 6.33. The summed E-state index contributed by atoms with van der Waals surface area (Å²) in [7, 11) is 0. The molecule has 5 nitrogen and oxygen atoms in total. The van der Waals surface area contributed by atoms with E-state index in [1.54, 1.807) is 0 Å². The van der Waals surface area contributed by atoms with Crippen LogP contribution < -0.4 is 20.5 Å². The van der Waals surface area contributed by atoms with Crippen LogP contribution in [0, 0.1) is 0 Å². The minimum absolute atomic E-state index is 0.0203. The SMILES string of the molecule is NCc1ccc(-c2cc(NC(=O)C3(c4ccc5c(c4)OCO5)CC3)ccc2Cl)cc1. The van der Waals surface area contributed by atoms with Gasteiger partial charge in [-0.25, -0.2) is 0 Å². The van der Waals surface area contributed by atoms with Gasteiger partial charge in [0, 0.05) is 22.8 Å². The van der Waals surface area contributed by atoms with E-state index < -0.39 is 5.41 Å². The van der Waals surface area contributed by atoms with Crippen molar-refractivity contribution in [3.63, 3.8) is 0 Å². The van der Waals surface area contributed by atoms with Gasteiger partial charge in [0.15, 0.2) is 11.5 Å². The van der Waals surface area contributed by atoms with Crippen LogP contribution >= 0.6 is 11.6 Å². The summed E-state index contributed by atoms with van der Waals surface area (Å²) in [5.41, 5.74) is 9.73. The Morgan fingerprint density at radius 2 is 1.77 bits per heavy atom. The molecule has 1 aliphatic carbocycles. The molecule has 1 aliphatic heterocycles. The van der Waals surface area contributed by atoms with Crippen LogP contribution in [0.25, 0.3) is 11.1 Å². The highest BCUT2D eigenvalue weighted by Gasteiger charge is 2.51. The van der Waals surface area contributed by atoms with Crippen molar-refractivity contribution in [1.29, 1.82) is 0 Å². The molecule has 0 bridgehead atoms. The minimum Gasteiger partial charge on any atom is -0.454 e. The van der Waals surface area contributed by atoms with E-state index in [1.807, 2.05) is 60.7 Å². The average Bonchev–Trinajstić information content (AvgIpc) is 3.46. The van der Waals surface area contributed by atoms with Gasteiger partial charge < -0.3 is 20.5 Å². The van der Waals surface area contributed by atoms with Crippen molar-refractivity contribution in [1.82, 2.24) is 0 Å². The van der Waals surface area contributed by atoms with E-state index in [1.165, 1.54) is 0 Å². The van der Waals surface area contributed by atoms with Gasteiger partial charge in [0.2, 0.25) is 12.7 Å². The van der Waals surface area contributed by atoms with E-state index in [0.29, 0.717) is 23.0 Å². The fourth-order valence-electron chi connectivity index (χ4n) is 3.86. The maximum atomic E-state index is 13.2. The Morgan fingerprint density at radius 1 is 1.00 bits per heavy atom. The molecule has 3 N–H and O–H groups in total. The summed E-state index contributed by atoms with van der Waals surface area (Å²) >= 11 is 6.43. The Balaban J connectivity index is 1.39. The number of benzene rings is 3. The molecular formula is C24H21ClN2O3. The monoisotopic (exact) mass is 420 g/mol. The van der Waals surface area contributed by atoms with Gasteiger partial charge in [-0.15, -0.1) is 0 Å². The first-order chi connectivity index (χ1) is 14.6. The second kappa shape index (κ2) is 7.35. The summed E-state index contributed by atoms with van der Waals surface area (Å²) < 4.78 is 10.9. The highest BCUT2D eigenvalue weighted by Crippen LogP contribution is 2.51.